The fourth-order valence-corrected chi connectivity index (χ4v) is 6.65. The van der Waals surface area contributed by atoms with Crippen molar-refractivity contribution in [3.05, 3.63) is 155 Å². The van der Waals surface area contributed by atoms with Gasteiger partial charge in [0.2, 0.25) is 16.6 Å². The lowest BCUT2D eigenvalue weighted by atomic mass is 9.78. The van der Waals surface area contributed by atoms with Crippen molar-refractivity contribution in [3.63, 3.8) is 0 Å². The first-order chi connectivity index (χ1) is 19.1. The van der Waals surface area contributed by atoms with E-state index in [1.807, 2.05) is 0 Å². The van der Waals surface area contributed by atoms with Crippen molar-refractivity contribution in [2.75, 3.05) is 0 Å². The normalized spacial score (nSPS) is 14.3. The van der Waals surface area contributed by atoms with Crippen molar-refractivity contribution >= 4 is 28.8 Å². The minimum absolute atomic E-state index is 0.0955. The van der Waals surface area contributed by atoms with Gasteiger partial charge in [0.1, 0.15) is 0 Å². The van der Waals surface area contributed by atoms with Crippen LogP contribution in [0.1, 0.15) is 34.1 Å². The van der Waals surface area contributed by atoms with Crippen molar-refractivity contribution in [2.24, 2.45) is 0 Å². The molecule has 4 aromatic rings. The van der Waals surface area contributed by atoms with E-state index >= 15 is 0 Å². The molecule has 2 unspecified atom stereocenters. The number of rotatable bonds is 11. The van der Waals surface area contributed by atoms with Crippen molar-refractivity contribution in [1.29, 1.82) is 0 Å². The third kappa shape index (κ3) is 8.70. The summed E-state index contributed by atoms with van der Waals surface area (Å²) in [7, 11) is -3.98. The molecule has 0 saturated carbocycles. The van der Waals surface area contributed by atoms with Gasteiger partial charge in [-0.15, -0.1) is 0 Å². The predicted molar refractivity (Wildman–Crippen MR) is 176 cm³/mol. The number of benzene rings is 4. The Labute approximate surface area is 243 Å². The van der Waals surface area contributed by atoms with Crippen LogP contribution in [0.25, 0.3) is 12.2 Å². The van der Waals surface area contributed by atoms with Gasteiger partial charge < -0.3 is 8.85 Å². The average molecular weight is 563 g/mol. The van der Waals surface area contributed by atoms with Gasteiger partial charge in [-0.3, -0.25) is 0 Å². The van der Waals surface area contributed by atoms with E-state index in [4.69, 9.17) is 8.85 Å². The van der Waals surface area contributed by atoms with Crippen molar-refractivity contribution in [3.8, 4) is 0 Å². The Hall–Kier alpha value is -3.61. The summed E-state index contributed by atoms with van der Waals surface area (Å²) >= 11 is 0. The molecule has 0 amide bonds. The molecule has 2 atom stereocenters. The second-order valence-corrected chi connectivity index (χ2v) is 21.0. The Morgan fingerprint density at radius 3 is 1.00 bits per heavy atom. The Kier molecular flexibility index (Phi) is 9.67. The minimum Gasteiger partial charge on any atom is -0.547 e. The summed E-state index contributed by atoms with van der Waals surface area (Å²) in [5.41, 5.74) is 4.66. The smallest absolute Gasteiger partial charge is 0.241 e. The van der Waals surface area contributed by atoms with E-state index in [1.165, 1.54) is 11.1 Å². The molecule has 0 aliphatic rings. The molecule has 0 bridgehead atoms. The van der Waals surface area contributed by atoms with Gasteiger partial charge >= 0.3 is 0 Å². The fourth-order valence-electron chi connectivity index (χ4n) is 4.86. The Bertz CT molecular complexity index is 1270. The van der Waals surface area contributed by atoms with Gasteiger partial charge in [0, 0.05) is 0 Å². The summed E-state index contributed by atoms with van der Waals surface area (Å²) in [6.07, 6.45) is 4.47. The fraction of sp³-hybridized carbons (Fsp3) is 0.222. The van der Waals surface area contributed by atoms with Crippen LogP contribution in [0.15, 0.2) is 133 Å². The van der Waals surface area contributed by atoms with E-state index in [2.05, 4.69) is 173 Å². The molecular formula is C36H42O2Si2. The van der Waals surface area contributed by atoms with E-state index < -0.39 is 16.6 Å². The second-order valence-electron chi connectivity index (χ2n) is 12.1. The van der Waals surface area contributed by atoms with E-state index in [-0.39, 0.29) is 11.8 Å². The van der Waals surface area contributed by atoms with Gasteiger partial charge in [-0.1, -0.05) is 121 Å². The first kappa shape index (κ1) is 29.4. The zero-order valence-electron chi connectivity index (χ0n) is 24.7. The van der Waals surface area contributed by atoms with Crippen LogP contribution in [0.5, 0.6) is 0 Å². The van der Waals surface area contributed by atoms with Crippen LogP contribution in [0.2, 0.25) is 39.3 Å². The standard InChI is InChI=1S/C36H42O2Si2/c1-39(2,3)37-33(27-29-19-11-7-12-20-29)35(31-23-15-9-16-24-31)36(32-25-17-10-18-26-32)34(38-40(4,5)6)28-30-21-13-8-14-22-30/h7-28,35-36H,1-6H3. The molecule has 2 nitrogen and oxygen atoms in total. The highest BCUT2D eigenvalue weighted by Gasteiger charge is 2.37. The molecule has 0 radical (unpaired) electrons. The monoisotopic (exact) mass is 562 g/mol. The highest BCUT2D eigenvalue weighted by atomic mass is 28.4. The van der Waals surface area contributed by atoms with Gasteiger partial charge in [0.25, 0.3) is 0 Å². The maximum Gasteiger partial charge on any atom is 0.241 e. The molecule has 0 spiro atoms. The molecule has 4 heteroatoms. The molecule has 0 aliphatic carbocycles. The summed E-state index contributed by atoms with van der Waals surface area (Å²) in [6.45, 7) is 13.5. The van der Waals surface area contributed by atoms with Crippen LogP contribution >= 0.6 is 0 Å². The third-order valence-corrected chi connectivity index (χ3v) is 8.02. The first-order valence-corrected chi connectivity index (χ1v) is 20.9. The van der Waals surface area contributed by atoms with Gasteiger partial charge in [-0.05, 0) is 73.7 Å². The number of hydrogen-bond acceptors (Lipinski definition) is 2. The zero-order chi connectivity index (χ0) is 28.6. The molecule has 206 valence electrons. The largest absolute Gasteiger partial charge is 0.547 e. The summed E-state index contributed by atoms with van der Waals surface area (Å²) in [6, 6.07) is 42.6. The maximum absolute atomic E-state index is 7.02. The SMILES string of the molecule is C[Si](C)(C)OC(=Cc1ccccc1)C(c1ccccc1)C(C(=Cc1ccccc1)O[Si](C)(C)C)c1ccccc1. The second kappa shape index (κ2) is 13.2. The van der Waals surface area contributed by atoms with E-state index in [0.717, 1.165) is 22.6 Å². The van der Waals surface area contributed by atoms with Crippen molar-refractivity contribution in [1.82, 2.24) is 0 Å². The lowest BCUT2D eigenvalue weighted by Gasteiger charge is -2.37. The summed E-state index contributed by atoms with van der Waals surface area (Å²) in [5, 5.41) is 0. The zero-order valence-corrected chi connectivity index (χ0v) is 26.7. The van der Waals surface area contributed by atoms with Crippen LogP contribution < -0.4 is 0 Å². The van der Waals surface area contributed by atoms with Gasteiger partial charge in [0.05, 0.1) is 23.4 Å². The number of allylic oxidation sites excluding steroid dienone is 2. The summed E-state index contributed by atoms with van der Waals surface area (Å²) < 4.78 is 14.0. The molecule has 40 heavy (non-hydrogen) atoms. The number of hydrogen-bond donors (Lipinski definition) is 0. The first-order valence-electron chi connectivity index (χ1n) is 14.1. The van der Waals surface area contributed by atoms with Crippen LogP contribution in [0.4, 0.5) is 0 Å². The highest BCUT2D eigenvalue weighted by molar-refractivity contribution is 6.70. The van der Waals surface area contributed by atoms with Crippen molar-refractivity contribution < 1.29 is 8.85 Å². The molecular weight excluding hydrogens is 521 g/mol. The summed E-state index contributed by atoms with van der Waals surface area (Å²) in [4.78, 5) is 0. The molecule has 4 rings (SSSR count). The predicted octanol–water partition coefficient (Wildman–Crippen LogP) is 10.3. The lowest BCUT2D eigenvalue weighted by molar-refractivity contribution is 0.325. The molecule has 0 saturated heterocycles. The van der Waals surface area contributed by atoms with Crippen LogP contribution in [-0.4, -0.2) is 16.6 Å². The van der Waals surface area contributed by atoms with E-state index in [9.17, 15) is 0 Å². The molecule has 0 aliphatic heterocycles. The Balaban J connectivity index is 2.03. The topological polar surface area (TPSA) is 18.5 Å². The maximum atomic E-state index is 7.02. The molecule has 4 aromatic carbocycles. The highest BCUT2D eigenvalue weighted by Crippen LogP contribution is 2.46. The van der Waals surface area contributed by atoms with E-state index in [1.54, 1.807) is 0 Å². The quantitative estimate of drug-likeness (QED) is 0.134. The van der Waals surface area contributed by atoms with E-state index in [0.29, 0.717) is 0 Å². The molecule has 0 aromatic heterocycles. The van der Waals surface area contributed by atoms with Gasteiger partial charge in [-0.25, -0.2) is 0 Å². The molecule has 0 heterocycles. The minimum atomic E-state index is -1.99. The summed E-state index contributed by atoms with van der Waals surface area (Å²) in [5.74, 6) is 1.76. The van der Waals surface area contributed by atoms with Gasteiger partial charge in [-0.2, -0.15) is 0 Å². The molecule has 0 fully saturated rings. The average Bonchev–Trinajstić information content (AvgIpc) is 2.91. The van der Waals surface area contributed by atoms with Crippen LogP contribution in [0, 0.1) is 0 Å². The van der Waals surface area contributed by atoms with Crippen LogP contribution in [0.3, 0.4) is 0 Å². The Morgan fingerprint density at radius 1 is 0.450 bits per heavy atom. The Morgan fingerprint density at radius 2 is 0.725 bits per heavy atom. The van der Waals surface area contributed by atoms with Crippen LogP contribution in [-0.2, 0) is 8.85 Å². The lowest BCUT2D eigenvalue weighted by Crippen LogP contribution is -2.31. The van der Waals surface area contributed by atoms with Gasteiger partial charge in [0.15, 0.2) is 0 Å². The van der Waals surface area contributed by atoms with Crippen molar-refractivity contribution in [2.45, 2.75) is 51.1 Å². The third-order valence-electron chi connectivity index (χ3n) is 6.33. The molecule has 0 N–H and O–H groups in total.